The van der Waals surface area contributed by atoms with Gasteiger partial charge in [-0.05, 0) is 37.6 Å². The molecule has 0 atom stereocenters. The molecule has 7 nitrogen and oxygen atoms in total. The fourth-order valence-corrected chi connectivity index (χ4v) is 2.75. The maximum absolute atomic E-state index is 12.3. The van der Waals surface area contributed by atoms with Gasteiger partial charge in [-0.3, -0.25) is 4.79 Å². The zero-order valence-corrected chi connectivity index (χ0v) is 15.5. The summed E-state index contributed by atoms with van der Waals surface area (Å²) in [5.41, 5.74) is 2.94. The van der Waals surface area contributed by atoms with E-state index < -0.39 is 18.5 Å². The number of carbonyl (C=O) groups excluding carboxylic acids is 2. The molecule has 1 aliphatic rings. The molecule has 7 heteroatoms. The minimum atomic E-state index is -0.652. The summed E-state index contributed by atoms with van der Waals surface area (Å²) in [6.07, 6.45) is 0. The normalized spacial score (nSPS) is 12.3. The summed E-state index contributed by atoms with van der Waals surface area (Å²) in [6, 6.07) is 8.69. The maximum Gasteiger partial charge on any atom is 0.338 e. The molecule has 1 N–H and O–H groups in total. The van der Waals surface area contributed by atoms with Crippen LogP contribution in [0.3, 0.4) is 0 Å². The summed E-state index contributed by atoms with van der Waals surface area (Å²) >= 11 is 0. The average Bonchev–Trinajstić information content (AvgIpc) is 2.67. The van der Waals surface area contributed by atoms with Gasteiger partial charge in [0.2, 0.25) is 5.75 Å². The molecule has 1 heterocycles. The standard InChI is InChI=1S/C20H21NO6/c1-12-4-5-15(13(2)8-12)21-18(22)11-27-20(23)14-9-16(24-3)19-17(10-14)25-6-7-26-19/h4-5,8-10H,6-7,11H2,1-3H3,(H,21,22). The Hall–Kier alpha value is -3.22. The van der Waals surface area contributed by atoms with Crippen molar-refractivity contribution < 1.29 is 28.5 Å². The molecule has 2 aromatic carbocycles. The lowest BCUT2D eigenvalue weighted by Gasteiger charge is -2.21. The van der Waals surface area contributed by atoms with Gasteiger partial charge < -0.3 is 24.3 Å². The van der Waals surface area contributed by atoms with E-state index in [1.54, 1.807) is 0 Å². The molecule has 0 bridgehead atoms. The highest BCUT2D eigenvalue weighted by atomic mass is 16.6. The summed E-state index contributed by atoms with van der Waals surface area (Å²) in [4.78, 5) is 24.4. The highest BCUT2D eigenvalue weighted by Gasteiger charge is 2.22. The van der Waals surface area contributed by atoms with E-state index in [2.05, 4.69) is 5.32 Å². The van der Waals surface area contributed by atoms with Gasteiger partial charge in [0, 0.05) is 5.69 Å². The molecular weight excluding hydrogens is 350 g/mol. The number of benzene rings is 2. The third-order valence-electron chi connectivity index (χ3n) is 4.05. The van der Waals surface area contributed by atoms with Crippen LogP contribution in [-0.2, 0) is 9.53 Å². The molecule has 0 unspecified atom stereocenters. The van der Waals surface area contributed by atoms with E-state index in [1.807, 2.05) is 32.0 Å². The van der Waals surface area contributed by atoms with Crippen LogP contribution in [0.1, 0.15) is 21.5 Å². The molecule has 142 valence electrons. The van der Waals surface area contributed by atoms with Gasteiger partial charge in [-0.1, -0.05) is 17.7 Å². The number of esters is 1. The number of ether oxygens (including phenoxy) is 4. The van der Waals surface area contributed by atoms with Gasteiger partial charge >= 0.3 is 5.97 Å². The second-order valence-corrected chi connectivity index (χ2v) is 6.15. The van der Waals surface area contributed by atoms with Crippen LogP contribution in [0.2, 0.25) is 0 Å². The first kappa shape index (κ1) is 18.6. The number of nitrogens with one attached hydrogen (secondary N) is 1. The predicted molar refractivity (Wildman–Crippen MR) is 98.8 cm³/mol. The molecule has 0 saturated carbocycles. The molecule has 2 aromatic rings. The Labute approximate surface area is 157 Å². The van der Waals surface area contributed by atoms with Crippen molar-refractivity contribution in [3.63, 3.8) is 0 Å². The first-order valence-electron chi connectivity index (χ1n) is 8.50. The van der Waals surface area contributed by atoms with E-state index in [-0.39, 0.29) is 5.56 Å². The van der Waals surface area contributed by atoms with Gasteiger partial charge in [-0.25, -0.2) is 4.79 Å². The third kappa shape index (κ3) is 4.31. The minimum absolute atomic E-state index is 0.218. The van der Waals surface area contributed by atoms with Crippen LogP contribution < -0.4 is 19.5 Å². The molecule has 3 rings (SSSR count). The third-order valence-corrected chi connectivity index (χ3v) is 4.05. The Morgan fingerprint density at radius 2 is 1.89 bits per heavy atom. The second-order valence-electron chi connectivity index (χ2n) is 6.15. The van der Waals surface area contributed by atoms with Crippen molar-refractivity contribution in [2.45, 2.75) is 13.8 Å². The van der Waals surface area contributed by atoms with Crippen molar-refractivity contribution in [1.82, 2.24) is 0 Å². The predicted octanol–water partition coefficient (Wildman–Crippen LogP) is 2.88. The van der Waals surface area contributed by atoms with Crippen LogP contribution in [0.15, 0.2) is 30.3 Å². The number of amides is 1. The highest BCUT2D eigenvalue weighted by molar-refractivity contribution is 5.96. The summed E-state index contributed by atoms with van der Waals surface area (Å²) in [5, 5.41) is 2.73. The summed E-state index contributed by atoms with van der Waals surface area (Å²) in [6.45, 7) is 4.26. The Balaban J connectivity index is 1.64. The van der Waals surface area contributed by atoms with Crippen LogP contribution in [0.4, 0.5) is 5.69 Å². The number of fused-ring (bicyclic) bond motifs is 1. The second kappa shape index (κ2) is 7.99. The molecule has 1 aliphatic heterocycles. The monoisotopic (exact) mass is 371 g/mol. The van der Waals surface area contributed by atoms with Gasteiger partial charge in [0.25, 0.3) is 5.91 Å². The number of methoxy groups -OCH3 is 1. The Morgan fingerprint density at radius 1 is 1.11 bits per heavy atom. The lowest BCUT2D eigenvalue weighted by atomic mass is 10.1. The molecule has 0 fully saturated rings. The lowest BCUT2D eigenvalue weighted by molar-refractivity contribution is -0.119. The van der Waals surface area contributed by atoms with Crippen LogP contribution >= 0.6 is 0 Å². The van der Waals surface area contributed by atoms with Crippen molar-refractivity contribution >= 4 is 17.6 Å². The molecule has 0 aromatic heterocycles. The molecular formula is C20H21NO6. The van der Waals surface area contributed by atoms with Gasteiger partial charge in [0.15, 0.2) is 18.1 Å². The number of carbonyl (C=O) groups is 2. The lowest BCUT2D eigenvalue weighted by Crippen LogP contribution is -2.22. The van der Waals surface area contributed by atoms with E-state index in [4.69, 9.17) is 18.9 Å². The largest absolute Gasteiger partial charge is 0.493 e. The zero-order valence-electron chi connectivity index (χ0n) is 15.5. The van der Waals surface area contributed by atoms with Crippen molar-refractivity contribution in [3.05, 3.63) is 47.0 Å². The van der Waals surface area contributed by atoms with E-state index in [9.17, 15) is 9.59 Å². The van der Waals surface area contributed by atoms with Crippen LogP contribution in [0.5, 0.6) is 17.2 Å². The maximum atomic E-state index is 12.3. The first-order chi connectivity index (χ1) is 13.0. The number of rotatable bonds is 5. The number of hydrogen-bond acceptors (Lipinski definition) is 6. The number of aryl methyl sites for hydroxylation is 2. The Kier molecular flexibility index (Phi) is 5.49. The highest BCUT2D eigenvalue weighted by Crippen LogP contribution is 2.40. The molecule has 0 spiro atoms. The minimum Gasteiger partial charge on any atom is -0.493 e. The van der Waals surface area contributed by atoms with Gasteiger partial charge in [0.1, 0.15) is 13.2 Å². The van der Waals surface area contributed by atoms with Gasteiger partial charge in [-0.15, -0.1) is 0 Å². The van der Waals surface area contributed by atoms with Crippen molar-refractivity contribution in [3.8, 4) is 17.2 Å². The molecule has 0 radical (unpaired) electrons. The van der Waals surface area contributed by atoms with Gasteiger partial charge in [-0.2, -0.15) is 0 Å². The SMILES string of the molecule is COc1cc(C(=O)OCC(=O)Nc2ccc(C)cc2C)cc2c1OCCO2. The van der Waals surface area contributed by atoms with Crippen molar-refractivity contribution in [1.29, 1.82) is 0 Å². The molecule has 1 amide bonds. The van der Waals surface area contributed by atoms with E-state index >= 15 is 0 Å². The summed E-state index contributed by atoms with van der Waals surface area (Å²) in [5.74, 6) is 0.167. The van der Waals surface area contributed by atoms with Crippen molar-refractivity contribution in [2.75, 3.05) is 32.2 Å². The van der Waals surface area contributed by atoms with E-state index in [1.165, 1.54) is 19.2 Å². The fraction of sp³-hybridized carbons (Fsp3) is 0.300. The zero-order chi connectivity index (χ0) is 19.4. The Morgan fingerprint density at radius 3 is 2.63 bits per heavy atom. The van der Waals surface area contributed by atoms with Crippen LogP contribution in [0, 0.1) is 13.8 Å². The van der Waals surface area contributed by atoms with Crippen molar-refractivity contribution in [2.24, 2.45) is 0 Å². The number of anilines is 1. The molecule has 0 aliphatic carbocycles. The van der Waals surface area contributed by atoms with Crippen LogP contribution in [-0.4, -0.2) is 38.8 Å². The smallest absolute Gasteiger partial charge is 0.338 e. The Bertz CT molecular complexity index is 860. The summed E-state index contributed by atoms with van der Waals surface area (Å²) < 4.78 is 21.3. The number of hydrogen-bond donors (Lipinski definition) is 1. The van der Waals surface area contributed by atoms with E-state index in [0.717, 1.165) is 11.1 Å². The average molecular weight is 371 g/mol. The van der Waals surface area contributed by atoms with Gasteiger partial charge in [0.05, 0.1) is 12.7 Å². The first-order valence-corrected chi connectivity index (χ1v) is 8.50. The summed E-state index contributed by atoms with van der Waals surface area (Å²) in [7, 11) is 1.47. The molecule has 27 heavy (non-hydrogen) atoms. The fourth-order valence-electron chi connectivity index (χ4n) is 2.75. The topological polar surface area (TPSA) is 83.1 Å². The molecule has 0 saturated heterocycles. The van der Waals surface area contributed by atoms with E-state index in [0.29, 0.717) is 36.1 Å². The quantitative estimate of drug-likeness (QED) is 0.814. The van der Waals surface area contributed by atoms with Crippen LogP contribution in [0.25, 0.3) is 0 Å².